The molecule has 0 bridgehead atoms. The Labute approximate surface area is 115 Å². The maximum absolute atomic E-state index is 5.54. The second-order valence-corrected chi connectivity index (χ2v) is 6.74. The molecule has 0 aromatic carbocycles. The fourth-order valence-electron chi connectivity index (χ4n) is 2.30. The lowest BCUT2D eigenvalue weighted by atomic mass is 10.0. The van der Waals surface area contributed by atoms with Crippen molar-refractivity contribution < 1.29 is 0 Å². The largest absolute Gasteiger partial charge is 0.330 e. The Bertz CT molecular complexity index is 507. The molecule has 96 valence electrons. The maximum atomic E-state index is 5.54. The molecule has 18 heavy (non-hydrogen) atoms. The molecule has 0 spiro atoms. The van der Waals surface area contributed by atoms with Gasteiger partial charge in [-0.2, -0.15) is 0 Å². The normalized spacial score (nSPS) is 14.7. The number of hydrogen-bond donors (Lipinski definition) is 1. The van der Waals surface area contributed by atoms with Crippen molar-refractivity contribution in [3.05, 3.63) is 31.7 Å². The molecule has 0 radical (unpaired) electrons. The van der Waals surface area contributed by atoms with Gasteiger partial charge in [-0.1, -0.05) is 0 Å². The summed E-state index contributed by atoms with van der Waals surface area (Å²) in [5.41, 5.74) is 8.01. The van der Waals surface area contributed by atoms with E-state index in [4.69, 9.17) is 10.7 Å². The van der Waals surface area contributed by atoms with E-state index in [1.807, 2.05) is 11.3 Å². The van der Waals surface area contributed by atoms with Crippen molar-refractivity contribution in [2.24, 2.45) is 5.73 Å². The van der Waals surface area contributed by atoms with E-state index in [0.29, 0.717) is 6.54 Å². The third-order valence-electron chi connectivity index (χ3n) is 3.19. The molecule has 3 rings (SSSR count). The Kier molecular flexibility index (Phi) is 3.72. The maximum Gasteiger partial charge on any atom is 0.0999 e. The fraction of sp³-hybridized carbons (Fsp3) is 0.538. The molecule has 0 unspecified atom stereocenters. The van der Waals surface area contributed by atoms with Crippen molar-refractivity contribution in [1.82, 2.24) is 9.97 Å². The van der Waals surface area contributed by atoms with Crippen molar-refractivity contribution in [2.45, 2.75) is 38.5 Å². The smallest absolute Gasteiger partial charge is 0.0999 e. The molecular formula is C13H17N3S2. The molecule has 0 aliphatic heterocycles. The molecular weight excluding hydrogens is 262 g/mol. The Morgan fingerprint density at radius 3 is 2.89 bits per heavy atom. The molecule has 2 heterocycles. The number of rotatable bonds is 4. The van der Waals surface area contributed by atoms with Crippen molar-refractivity contribution in [3.63, 3.8) is 0 Å². The summed E-state index contributed by atoms with van der Waals surface area (Å²) in [6.45, 7) is 0.675. The summed E-state index contributed by atoms with van der Waals surface area (Å²) in [4.78, 5) is 10.9. The number of nitrogens with two attached hydrogens (primary N) is 1. The van der Waals surface area contributed by atoms with Gasteiger partial charge in [-0.25, -0.2) is 9.97 Å². The van der Waals surface area contributed by atoms with Crippen LogP contribution in [0.2, 0.25) is 0 Å². The number of fused-ring (bicyclic) bond motifs is 1. The molecule has 1 aliphatic carbocycles. The summed E-state index contributed by atoms with van der Waals surface area (Å²) in [7, 11) is 0. The molecule has 0 amide bonds. The average Bonchev–Trinajstić information content (AvgIpc) is 2.96. The molecule has 2 N–H and O–H groups in total. The summed E-state index contributed by atoms with van der Waals surface area (Å²) in [6, 6.07) is 0. The van der Waals surface area contributed by atoms with Gasteiger partial charge in [-0.15, -0.1) is 22.7 Å². The molecule has 0 atom stereocenters. The molecule has 5 heteroatoms. The SMILES string of the molecule is NCCc1csc(Cc2nc3c(s2)CCCC3)n1. The van der Waals surface area contributed by atoms with Gasteiger partial charge < -0.3 is 5.73 Å². The van der Waals surface area contributed by atoms with Gasteiger partial charge in [0, 0.05) is 16.7 Å². The van der Waals surface area contributed by atoms with E-state index in [1.54, 1.807) is 11.3 Å². The summed E-state index contributed by atoms with van der Waals surface area (Å²) in [5, 5.41) is 4.52. The molecule has 3 nitrogen and oxygen atoms in total. The second-order valence-electron chi connectivity index (χ2n) is 4.63. The molecule has 0 saturated heterocycles. The third-order valence-corrected chi connectivity index (χ3v) is 5.25. The fourth-order valence-corrected chi connectivity index (χ4v) is 4.39. The standard InChI is InChI=1S/C13H17N3S2/c14-6-5-9-8-17-12(15-9)7-13-16-10-3-1-2-4-11(10)18-13/h8H,1-7,14H2. The van der Waals surface area contributed by atoms with E-state index < -0.39 is 0 Å². The third kappa shape index (κ3) is 2.63. The van der Waals surface area contributed by atoms with E-state index in [-0.39, 0.29) is 0 Å². The highest BCUT2D eigenvalue weighted by Gasteiger charge is 2.15. The van der Waals surface area contributed by atoms with E-state index in [9.17, 15) is 0 Å². The molecule has 2 aromatic rings. The van der Waals surface area contributed by atoms with Gasteiger partial charge in [-0.3, -0.25) is 0 Å². The summed E-state index contributed by atoms with van der Waals surface area (Å²) in [6.07, 6.45) is 6.80. The quantitative estimate of drug-likeness (QED) is 0.936. The first-order chi connectivity index (χ1) is 8.85. The van der Waals surface area contributed by atoms with Crippen LogP contribution in [0.4, 0.5) is 0 Å². The van der Waals surface area contributed by atoms with Crippen LogP contribution >= 0.6 is 22.7 Å². The number of hydrogen-bond acceptors (Lipinski definition) is 5. The van der Waals surface area contributed by atoms with E-state index in [0.717, 1.165) is 18.5 Å². The summed E-state index contributed by atoms with van der Waals surface area (Å²) in [5.74, 6) is 0. The zero-order valence-electron chi connectivity index (χ0n) is 10.3. The van der Waals surface area contributed by atoms with Gasteiger partial charge in [0.15, 0.2) is 0 Å². The van der Waals surface area contributed by atoms with Crippen LogP contribution in [0, 0.1) is 0 Å². The Morgan fingerprint density at radius 2 is 2.06 bits per heavy atom. The van der Waals surface area contributed by atoms with Gasteiger partial charge in [0.25, 0.3) is 0 Å². The van der Waals surface area contributed by atoms with Crippen molar-refractivity contribution in [1.29, 1.82) is 0 Å². The first kappa shape index (κ1) is 12.3. The lowest BCUT2D eigenvalue weighted by Gasteiger charge is -2.06. The number of nitrogens with zero attached hydrogens (tertiary/aromatic N) is 2. The van der Waals surface area contributed by atoms with Crippen LogP contribution in [0.15, 0.2) is 5.38 Å². The monoisotopic (exact) mass is 279 g/mol. The molecule has 0 fully saturated rings. The Hall–Kier alpha value is -0.780. The number of aromatic nitrogens is 2. The topological polar surface area (TPSA) is 51.8 Å². The molecule has 1 aliphatic rings. The Balaban J connectivity index is 1.73. The second kappa shape index (κ2) is 5.47. The van der Waals surface area contributed by atoms with Crippen LogP contribution in [-0.2, 0) is 25.7 Å². The van der Waals surface area contributed by atoms with Crippen LogP contribution in [-0.4, -0.2) is 16.5 Å². The highest BCUT2D eigenvalue weighted by Crippen LogP contribution is 2.28. The minimum absolute atomic E-state index is 0.675. The summed E-state index contributed by atoms with van der Waals surface area (Å²) < 4.78 is 0. The predicted molar refractivity (Wildman–Crippen MR) is 76.4 cm³/mol. The highest BCUT2D eigenvalue weighted by molar-refractivity contribution is 7.12. The summed E-state index contributed by atoms with van der Waals surface area (Å²) >= 11 is 3.61. The van der Waals surface area contributed by atoms with Crippen LogP contribution in [0.1, 0.15) is 39.1 Å². The van der Waals surface area contributed by atoms with Gasteiger partial charge in [0.1, 0.15) is 0 Å². The highest BCUT2D eigenvalue weighted by atomic mass is 32.1. The van der Waals surface area contributed by atoms with Crippen LogP contribution in [0.3, 0.4) is 0 Å². The van der Waals surface area contributed by atoms with E-state index in [2.05, 4.69) is 10.4 Å². The zero-order chi connectivity index (χ0) is 12.4. The lowest BCUT2D eigenvalue weighted by molar-refractivity contribution is 0.681. The molecule has 2 aromatic heterocycles. The van der Waals surface area contributed by atoms with E-state index in [1.165, 1.54) is 46.3 Å². The van der Waals surface area contributed by atoms with Crippen molar-refractivity contribution in [2.75, 3.05) is 6.54 Å². The minimum Gasteiger partial charge on any atom is -0.330 e. The van der Waals surface area contributed by atoms with Crippen molar-refractivity contribution >= 4 is 22.7 Å². The Morgan fingerprint density at radius 1 is 1.17 bits per heavy atom. The molecule has 0 saturated carbocycles. The van der Waals surface area contributed by atoms with E-state index >= 15 is 0 Å². The minimum atomic E-state index is 0.675. The van der Waals surface area contributed by atoms with Gasteiger partial charge in [-0.05, 0) is 32.2 Å². The van der Waals surface area contributed by atoms with Gasteiger partial charge in [0.05, 0.1) is 27.8 Å². The predicted octanol–water partition coefficient (Wildman–Crippen LogP) is 2.57. The van der Waals surface area contributed by atoms with Crippen LogP contribution in [0.25, 0.3) is 0 Å². The first-order valence-electron chi connectivity index (χ1n) is 6.46. The average molecular weight is 279 g/mol. The van der Waals surface area contributed by atoms with Gasteiger partial charge in [0.2, 0.25) is 0 Å². The van der Waals surface area contributed by atoms with Crippen molar-refractivity contribution in [3.8, 4) is 0 Å². The number of aryl methyl sites for hydroxylation is 2. The van der Waals surface area contributed by atoms with Crippen LogP contribution < -0.4 is 5.73 Å². The lowest BCUT2D eigenvalue weighted by Crippen LogP contribution is -2.02. The first-order valence-corrected chi connectivity index (χ1v) is 8.15. The number of thiazole rings is 2. The zero-order valence-corrected chi connectivity index (χ0v) is 11.9. The van der Waals surface area contributed by atoms with Gasteiger partial charge >= 0.3 is 0 Å². The van der Waals surface area contributed by atoms with Crippen LogP contribution in [0.5, 0.6) is 0 Å².